The number of nitrogens with zero attached hydrogens (tertiary/aromatic N) is 1. The van der Waals surface area contributed by atoms with Crippen LogP contribution in [0.2, 0.25) is 0 Å². The average molecular weight is 250 g/mol. The second kappa shape index (κ2) is 4.76. The second-order valence-corrected chi connectivity index (χ2v) is 5.80. The van der Waals surface area contributed by atoms with Crippen LogP contribution in [0, 0.1) is 5.41 Å². The van der Waals surface area contributed by atoms with E-state index in [1.807, 2.05) is 23.8 Å². The van der Waals surface area contributed by atoms with Gasteiger partial charge >= 0.3 is 5.97 Å². The van der Waals surface area contributed by atoms with Crippen molar-refractivity contribution in [2.75, 3.05) is 6.61 Å². The largest absolute Gasteiger partial charge is 0.465 e. The Morgan fingerprint density at radius 1 is 1.61 bits per heavy atom. The van der Waals surface area contributed by atoms with Crippen molar-refractivity contribution in [3.63, 3.8) is 0 Å². The molecule has 1 aliphatic rings. The van der Waals surface area contributed by atoms with E-state index < -0.39 is 0 Å². The third-order valence-electron chi connectivity index (χ3n) is 3.54. The predicted octanol–water partition coefficient (Wildman–Crippen LogP) is 2.02. The Labute approximate surface area is 108 Å². The van der Waals surface area contributed by atoms with E-state index in [9.17, 15) is 4.79 Å². The summed E-state index contributed by atoms with van der Waals surface area (Å²) in [5.74, 6) is -0.187. The first-order valence-corrected chi connectivity index (χ1v) is 6.52. The molecule has 2 N–H and O–H groups in total. The Bertz CT molecular complexity index is 449. The summed E-state index contributed by atoms with van der Waals surface area (Å²) in [6.07, 6.45) is 3.90. The van der Waals surface area contributed by atoms with Crippen LogP contribution >= 0.6 is 0 Å². The maximum atomic E-state index is 11.6. The molecule has 0 bridgehead atoms. The first-order chi connectivity index (χ1) is 8.43. The fourth-order valence-corrected chi connectivity index (χ4v) is 2.79. The van der Waals surface area contributed by atoms with Crippen LogP contribution in [-0.4, -0.2) is 17.1 Å². The standard InChI is InChI=1S/C14H22N2O2/c1-4-18-13(17)9-16-6-5-10-11(15)7-14(2,3)8-12(10)16/h5-6,11H,4,7-9,15H2,1-3H3. The summed E-state index contributed by atoms with van der Waals surface area (Å²) < 4.78 is 6.97. The number of carbonyl (C=O) groups is 1. The number of ether oxygens (including phenoxy) is 1. The lowest BCUT2D eigenvalue weighted by Crippen LogP contribution is -2.31. The molecule has 0 radical (unpaired) electrons. The van der Waals surface area contributed by atoms with E-state index in [1.54, 1.807) is 0 Å². The first kappa shape index (κ1) is 13.1. The second-order valence-electron chi connectivity index (χ2n) is 5.80. The van der Waals surface area contributed by atoms with Crippen molar-refractivity contribution in [3.8, 4) is 0 Å². The van der Waals surface area contributed by atoms with Crippen molar-refractivity contribution >= 4 is 5.97 Å². The maximum Gasteiger partial charge on any atom is 0.325 e. The fourth-order valence-electron chi connectivity index (χ4n) is 2.79. The Hall–Kier alpha value is -1.29. The summed E-state index contributed by atoms with van der Waals surface area (Å²) in [7, 11) is 0. The zero-order valence-corrected chi connectivity index (χ0v) is 11.4. The van der Waals surface area contributed by atoms with Crippen LogP contribution in [0.3, 0.4) is 0 Å². The molecular formula is C14H22N2O2. The van der Waals surface area contributed by atoms with Crippen LogP contribution in [0.25, 0.3) is 0 Å². The zero-order valence-electron chi connectivity index (χ0n) is 11.4. The number of esters is 1. The van der Waals surface area contributed by atoms with Gasteiger partial charge in [0, 0.05) is 17.9 Å². The van der Waals surface area contributed by atoms with Crippen molar-refractivity contribution in [1.82, 2.24) is 4.57 Å². The summed E-state index contributed by atoms with van der Waals surface area (Å²) in [5.41, 5.74) is 8.75. The zero-order chi connectivity index (χ0) is 13.3. The van der Waals surface area contributed by atoms with Crippen molar-refractivity contribution < 1.29 is 9.53 Å². The van der Waals surface area contributed by atoms with E-state index in [2.05, 4.69) is 13.8 Å². The van der Waals surface area contributed by atoms with Crippen LogP contribution in [0.15, 0.2) is 12.3 Å². The smallest absolute Gasteiger partial charge is 0.325 e. The van der Waals surface area contributed by atoms with Gasteiger partial charge in [-0.2, -0.15) is 0 Å². The molecule has 2 rings (SSSR count). The van der Waals surface area contributed by atoms with Gasteiger partial charge in [0.25, 0.3) is 0 Å². The molecule has 1 aromatic heterocycles. The molecule has 1 aliphatic carbocycles. The minimum atomic E-state index is -0.187. The lowest BCUT2D eigenvalue weighted by atomic mass is 9.74. The maximum absolute atomic E-state index is 11.6. The molecular weight excluding hydrogens is 228 g/mol. The predicted molar refractivity (Wildman–Crippen MR) is 70.1 cm³/mol. The molecule has 0 saturated heterocycles. The number of hydrogen-bond donors (Lipinski definition) is 1. The SMILES string of the molecule is CCOC(=O)Cn1ccc2c1CC(C)(C)CC2N. The van der Waals surface area contributed by atoms with E-state index >= 15 is 0 Å². The highest BCUT2D eigenvalue weighted by Crippen LogP contribution is 2.39. The molecule has 1 unspecified atom stereocenters. The summed E-state index contributed by atoms with van der Waals surface area (Å²) in [4.78, 5) is 11.6. The molecule has 4 nitrogen and oxygen atoms in total. The number of fused-ring (bicyclic) bond motifs is 1. The van der Waals surface area contributed by atoms with Crippen molar-refractivity contribution in [2.24, 2.45) is 11.1 Å². The van der Waals surface area contributed by atoms with Crippen LogP contribution in [0.5, 0.6) is 0 Å². The quantitative estimate of drug-likeness (QED) is 0.835. The van der Waals surface area contributed by atoms with E-state index in [4.69, 9.17) is 10.5 Å². The molecule has 0 spiro atoms. The average Bonchev–Trinajstić information content (AvgIpc) is 2.60. The summed E-state index contributed by atoms with van der Waals surface area (Å²) >= 11 is 0. The highest BCUT2D eigenvalue weighted by atomic mass is 16.5. The third-order valence-corrected chi connectivity index (χ3v) is 3.54. The van der Waals surface area contributed by atoms with Crippen molar-refractivity contribution in [3.05, 3.63) is 23.5 Å². The molecule has 18 heavy (non-hydrogen) atoms. The Morgan fingerprint density at radius 2 is 2.33 bits per heavy atom. The van der Waals surface area contributed by atoms with E-state index in [0.717, 1.165) is 12.8 Å². The van der Waals surface area contributed by atoms with Crippen LogP contribution < -0.4 is 5.73 Å². The van der Waals surface area contributed by atoms with Gasteiger partial charge in [-0.15, -0.1) is 0 Å². The van der Waals surface area contributed by atoms with Gasteiger partial charge in [0.15, 0.2) is 0 Å². The molecule has 1 heterocycles. The lowest BCUT2D eigenvalue weighted by molar-refractivity contribution is -0.143. The molecule has 0 aliphatic heterocycles. The topological polar surface area (TPSA) is 57.2 Å². The van der Waals surface area contributed by atoms with Crippen molar-refractivity contribution in [2.45, 2.75) is 46.2 Å². The number of hydrogen-bond acceptors (Lipinski definition) is 3. The highest BCUT2D eigenvalue weighted by Gasteiger charge is 2.32. The Balaban J connectivity index is 2.23. The number of rotatable bonds is 3. The summed E-state index contributed by atoms with van der Waals surface area (Å²) in [6.45, 7) is 6.97. The number of carbonyl (C=O) groups excluding carboxylic acids is 1. The van der Waals surface area contributed by atoms with Gasteiger partial charge in [0.1, 0.15) is 6.54 Å². The molecule has 1 atom stereocenters. The number of nitrogens with two attached hydrogens (primary N) is 1. The van der Waals surface area contributed by atoms with Gasteiger partial charge in [0.05, 0.1) is 6.61 Å². The normalized spacial score (nSPS) is 21.4. The fraction of sp³-hybridized carbons (Fsp3) is 0.643. The summed E-state index contributed by atoms with van der Waals surface area (Å²) in [5, 5.41) is 0. The summed E-state index contributed by atoms with van der Waals surface area (Å²) in [6, 6.07) is 2.11. The molecule has 100 valence electrons. The van der Waals surface area contributed by atoms with Crippen LogP contribution in [0.1, 0.15) is 44.5 Å². The highest BCUT2D eigenvalue weighted by molar-refractivity contribution is 5.69. The minimum Gasteiger partial charge on any atom is -0.465 e. The van der Waals surface area contributed by atoms with Gasteiger partial charge in [-0.25, -0.2) is 0 Å². The van der Waals surface area contributed by atoms with Gasteiger partial charge in [-0.1, -0.05) is 13.8 Å². The first-order valence-electron chi connectivity index (χ1n) is 6.52. The minimum absolute atomic E-state index is 0.0761. The van der Waals surface area contributed by atoms with E-state index in [1.165, 1.54) is 11.3 Å². The van der Waals surface area contributed by atoms with Crippen LogP contribution in [-0.2, 0) is 22.5 Å². The molecule has 0 fully saturated rings. The lowest BCUT2D eigenvalue weighted by Gasteiger charge is -2.34. The molecule has 0 amide bonds. The van der Waals surface area contributed by atoms with Crippen molar-refractivity contribution in [1.29, 1.82) is 0 Å². The number of aromatic nitrogens is 1. The Morgan fingerprint density at radius 3 is 3.00 bits per heavy atom. The van der Waals surface area contributed by atoms with Crippen LogP contribution in [0.4, 0.5) is 0 Å². The van der Waals surface area contributed by atoms with Gasteiger partial charge < -0.3 is 15.0 Å². The monoisotopic (exact) mass is 250 g/mol. The van der Waals surface area contributed by atoms with Gasteiger partial charge in [-0.3, -0.25) is 4.79 Å². The van der Waals surface area contributed by atoms with Gasteiger partial charge in [-0.05, 0) is 36.8 Å². The van der Waals surface area contributed by atoms with Gasteiger partial charge in [0.2, 0.25) is 0 Å². The molecule has 0 saturated carbocycles. The molecule has 0 aromatic carbocycles. The molecule has 4 heteroatoms. The van der Waals surface area contributed by atoms with E-state index in [-0.39, 0.29) is 24.0 Å². The Kier molecular flexibility index (Phi) is 3.48. The van der Waals surface area contributed by atoms with E-state index in [0.29, 0.717) is 6.61 Å². The molecule has 1 aromatic rings. The third kappa shape index (κ3) is 2.58.